The van der Waals surface area contributed by atoms with Gasteiger partial charge >= 0.3 is 0 Å². The molecule has 3 heterocycles. The molecule has 1 atom stereocenters. The first-order valence-electron chi connectivity index (χ1n) is 9.19. The van der Waals surface area contributed by atoms with Crippen LogP contribution in [0.25, 0.3) is 10.2 Å². The molecule has 25 heavy (non-hydrogen) atoms. The fourth-order valence-electron chi connectivity index (χ4n) is 3.63. The highest BCUT2D eigenvalue weighted by atomic mass is 32.2. The number of aromatic nitrogens is 2. The first-order chi connectivity index (χ1) is 12.3. The largest absolute Gasteiger partial charge is 0.367 e. The van der Waals surface area contributed by atoms with E-state index in [2.05, 4.69) is 26.7 Å². The zero-order valence-electron chi connectivity index (χ0n) is 14.3. The number of fused-ring (bicyclic) bond motifs is 1. The number of rotatable bonds is 5. The lowest BCUT2D eigenvalue weighted by Gasteiger charge is -2.17. The second-order valence-corrected chi connectivity index (χ2v) is 9.09. The molecule has 2 aromatic heterocycles. The molecule has 0 bridgehead atoms. The number of nitrogens with one attached hydrogen (secondary N) is 2. The van der Waals surface area contributed by atoms with Crippen molar-refractivity contribution in [1.82, 2.24) is 15.3 Å². The molecule has 7 heteroatoms. The van der Waals surface area contributed by atoms with E-state index in [0.29, 0.717) is 6.04 Å². The molecular weight excluding hydrogens is 352 g/mol. The normalized spacial score (nSPS) is 22.4. The van der Waals surface area contributed by atoms with Crippen LogP contribution < -0.4 is 10.6 Å². The lowest BCUT2D eigenvalue weighted by molar-refractivity contribution is -0.112. The Hall–Kier alpha value is -1.18. The molecule has 2 fully saturated rings. The lowest BCUT2D eigenvalue weighted by atomic mass is 10.1. The highest BCUT2D eigenvalue weighted by Gasteiger charge is 2.24. The van der Waals surface area contributed by atoms with Gasteiger partial charge in [0.05, 0.1) is 11.4 Å². The summed E-state index contributed by atoms with van der Waals surface area (Å²) in [5.41, 5.74) is 0. The summed E-state index contributed by atoms with van der Waals surface area (Å²) in [5.74, 6) is 1.90. The van der Waals surface area contributed by atoms with Crippen LogP contribution in [0.3, 0.4) is 0 Å². The molecule has 4 rings (SSSR count). The molecule has 2 aromatic rings. The number of hydrogen-bond acceptors (Lipinski definition) is 7. The summed E-state index contributed by atoms with van der Waals surface area (Å²) in [6.07, 6.45) is 10.4. The Morgan fingerprint density at radius 1 is 1.12 bits per heavy atom. The average molecular weight is 377 g/mol. The van der Waals surface area contributed by atoms with Crippen LogP contribution >= 0.6 is 23.1 Å². The second kappa shape index (κ2) is 8.01. The van der Waals surface area contributed by atoms with Crippen molar-refractivity contribution in [1.29, 1.82) is 0 Å². The van der Waals surface area contributed by atoms with Crippen LogP contribution in [-0.2, 0) is 11.3 Å². The Bertz CT molecular complexity index is 740. The van der Waals surface area contributed by atoms with E-state index in [4.69, 9.17) is 0 Å². The molecule has 5 nitrogen and oxygen atoms in total. The van der Waals surface area contributed by atoms with Crippen molar-refractivity contribution in [2.75, 3.05) is 11.1 Å². The molecule has 0 aromatic carbocycles. The van der Waals surface area contributed by atoms with Crippen molar-refractivity contribution < 1.29 is 4.79 Å². The molecule has 0 amide bonds. The Morgan fingerprint density at radius 2 is 1.96 bits per heavy atom. The predicted octanol–water partition coefficient (Wildman–Crippen LogP) is 3.95. The van der Waals surface area contributed by atoms with Crippen LogP contribution in [0.5, 0.6) is 0 Å². The fraction of sp³-hybridized carbons (Fsp3) is 0.611. The minimum atomic E-state index is 0.00452. The van der Waals surface area contributed by atoms with Gasteiger partial charge in [0.25, 0.3) is 0 Å². The van der Waals surface area contributed by atoms with Gasteiger partial charge in [-0.2, -0.15) is 0 Å². The van der Waals surface area contributed by atoms with Crippen LogP contribution in [0, 0.1) is 0 Å². The van der Waals surface area contributed by atoms with Gasteiger partial charge in [-0.1, -0.05) is 37.4 Å². The van der Waals surface area contributed by atoms with Gasteiger partial charge in [0, 0.05) is 23.2 Å². The zero-order chi connectivity index (χ0) is 17.1. The van der Waals surface area contributed by atoms with Gasteiger partial charge in [0.15, 0.2) is 0 Å². The minimum Gasteiger partial charge on any atom is -0.367 e. The third kappa shape index (κ3) is 4.15. The van der Waals surface area contributed by atoms with E-state index in [1.807, 2.05) is 0 Å². The first kappa shape index (κ1) is 17.2. The van der Waals surface area contributed by atoms with Gasteiger partial charge in [-0.05, 0) is 25.3 Å². The molecule has 1 saturated carbocycles. The molecule has 0 radical (unpaired) electrons. The zero-order valence-corrected chi connectivity index (χ0v) is 15.9. The Morgan fingerprint density at radius 3 is 2.72 bits per heavy atom. The summed E-state index contributed by atoms with van der Waals surface area (Å²) < 4.78 is 0. The second-order valence-electron chi connectivity index (χ2n) is 6.88. The SMILES string of the molecule is O=C1SCC[C@H]1NCc1cc2c(NC3CCCCCC3)ncnc2s1. The van der Waals surface area contributed by atoms with Gasteiger partial charge in [0.2, 0.25) is 5.12 Å². The predicted molar refractivity (Wildman–Crippen MR) is 105 cm³/mol. The molecule has 2 aliphatic rings. The summed E-state index contributed by atoms with van der Waals surface area (Å²) in [6, 6.07) is 2.71. The van der Waals surface area contributed by atoms with Crippen LogP contribution in [-0.4, -0.2) is 32.9 Å². The molecule has 1 aliphatic carbocycles. The maximum atomic E-state index is 11.7. The first-order valence-corrected chi connectivity index (χ1v) is 11.0. The number of thiophene rings is 1. The number of anilines is 1. The van der Waals surface area contributed by atoms with Gasteiger partial charge < -0.3 is 10.6 Å². The standard InChI is InChI=1S/C18H24N4OS2/c23-18-15(7-8-24-18)19-10-13-9-14-16(20-11-21-17(14)25-13)22-12-5-3-1-2-4-6-12/h9,11-12,15,19H,1-8,10H2,(H,20,21,22)/t15-/m1/s1. The van der Waals surface area contributed by atoms with Crippen molar-refractivity contribution >= 4 is 44.2 Å². The third-order valence-corrected chi connectivity index (χ3v) is 7.09. The van der Waals surface area contributed by atoms with E-state index in [1.165, 1.54) is 55.2 Å². The van der Waals surface area contributed by atoms with Gasteiger partial charge in [-0.3, -0.25) is 4.79 Å². The van der Waals surface area contributed by atoms with Crippen LogP contribution in [0.2, 0.25) is 0 Å². The molecule has 0 spiro atoms. The summed E-state index contributed by atoms with van der Waals surface area (Å²) in [7, 11) is 0. The smallest absolute Gasteiger partial charge is 0.205 e. The number of thioether (sulfide) groups is 1. The quantitative estimate of drug-likeness (QED) is 0.770. The molecule has 134 valence electrons. The molecule has 0 unspecified atom stereocenters. The van der Waals surface area contributed by atoms with Crippen molar-refractivity contribution in [3.63, 3.8) is 0 Å². The topological polar surface area (TPSA) is 66.9 Å². The van der Waals surface area contributed by atoms with Crippen LogP contribution in [0.1, 0.15) is 49.8 Å². The Kier molecular flexibility index (Phi) is 5.53. The fourth-order valence-corrected chi connectivity index (χ4v) is 5.53. The van der Waals surface area contributed by atoms with E-state index in [9.17, 15) is 4.79 Å². The summed E-state index contributed by atoms with van der Waals surface area (Å²) in [6.45, 7) is 0.723. The van der Waals surface area contributed by atoms with E-state index < -0.39 is 0 Å². The maximum Gasteiger partial charge on any atom is 0.205 e. The Labute approximate surface area is 156 Å². The summed E-state index contributed by atoms with van der Waals surface area (Å²) in [5, 5.41) is 8.43. The highest BCUT2D eigenvalue weighted by Crippen LogP contribution is 2.30. The van der Waals surface area contributed by atoms with Gasteiger partial charge in [-0.25, -0.2) is 9.97 Å². The number of carbonyl (C=O) groups excluding carboxylic acids is 1. The molecule has 2 N–H and O–H groups in total. The van der Waals surface area contributed by atoms with Crippen LogP contribution in [0.4, 0.5) is 5.82 Å². The number of hydrogen-bond donors (Lipinski definition) is 2. The molecule has 1 aliphatic heterocycles. The van der Waals surface area contributed by atoms with Crippen LogP contribution in [0.15, 0.2) is 12.4 Å². The number of carbonyl (C=O) groups is 1. The van der Waals surface area contributed by atoms with E-state index in [0.717, 1.165) is 34.8 Å². The van der Waals surface area contributed by atoms with Crippen molar-refractivity contribution in [2.45, 2.75) is 63.6 Å². The lowest BCUT2D eigenvalue weighted by Crippen LogP contribution is -2.31. The van der Waals surface area contributed by atoms with Crippen molar-refractivity contribution in [3.8, 4) is 0 Å². The average Bonchev–Trinajstić information content (AvgIpc) is 3.12. The monoisotopic (exact) mass is 376 g/mol. The third-order valence-electron chi connectivity index (χ3n) is 5.03. The van der Waals surface area contributed by atoms with Gasteiger partial charge in [0.1, 0.15) is 17.0 Å². The number of nitrogens with zero attached hydrogens (tertiary/aromatic N) is 2. The van der Waals surface area contributed by atoms with Gasteiger partial charge in [-0.15, -0.1) is 11.3 Å². The van der Waals surface area contributed by atoms with E-state index in [-0.39, 0.29) is 11.2 Å². The van der Waals surface area contributed by atoms with E-state index >= 15 is 0 Å². The summed E-state index contributed by atoms with van der Waals surface area (Å²) >= 11 is 3.13. The molecule has 1 saturated heterocycles. The highest BCUT2D eigenvalue weighted by molar-refractivity contribution is 8.14. The van der Waals surface area contributed by atoms with E-state index in [1.54, 1.807) is 17.7 Å². The summed E-state index contributed by atoms with van der Waals surface area (Å²) in [4.78, 5) is 22.9. The minimum absolute atomic E-state index is 0.00452. The maximum absolute atomic E-state index is 11.7. The van der Waals surface area contributed by atoms with Crippen molar-refractivity contribution in [2.24, 2.45) is 0 Å². The van der Waals surface area contributed by atoms with Crippen molar-refractivity contribution in [3.05, 3.63) is 17.3 Å². The Balaban J connectivity index is 1.47. The molecular formula is C18H24N4OS2.